The van der Waals surface area contributed by atoms with Crippen molar-refractivity contribution < 1.29 is 24.2 Å². The highest BCUT2D eigenvalue weighted by molar-refractivity contribution is 6.39. The molecule has 1 atom stereocenters. The number of benzene rings is 2. The molecule has 196 valence electrons. The zero-order valence-corrected chi connectivity index (χ0v) is 22.0. The first-order valence-electron chi connectivity index (χ1n) is 12.4. The zero-order valence-electron chi connectivity index (χ0n) is 20.5. The summed E-state index contributed by atoms with van der Waals surface area (Å²) in [6, 6.07) is 9.72. The topological polar surface area (TPSA) is 96.9 Å². The third kappa shape index (κ3) is 8.02. The highest BCUT2D eigenvalue weighted by Gasteiger charge is 2.29. The van der Waals surface area contributed by atoms with E-state index in [-0.39, 0.29) is 33.9 Å². The van der Waals surface area contributed by atoms with E-state index in [0.29, 0.717) is 6.61 Å². The largest absolute Gasteiger partial charge is 0.505 e. The fourth-order valence-corrected chi connectivity index (χ4v) is 4.75. The minimum Gasteiger partial charge on any atom is -0.505 e. The van der Waals surface area contributed by atoms with Gasteiger partial charge < -0.3 is 25.2 Å². The molecule has 1 aliphatic rings. The molecule has 0 saturated heterocycles. The normalized spacial score (nSPS) is 14.8. The molecule has 0 bridgehead atoms. The Morgan fingerprint density at radius 1 is 1.11 bits per heavy atom. The van der Waals surface area contributed by atoms with Crippen LogP contribution in [0.2, 0.25) is 10.0 Å². The minimum absolute atomic E-state index is 0.0981. The van der Waals surface area contributed by atoms with Crippen molar-refractivity contribution in [2.75, 3.05) is 20.2 Å². The Labute approximate surface area is 222 Å². The van der Waals surface area contributed by atoms with E-state index in [9.17, 15) is 14.7 Å². The van der Waals surface area contributed by atoms with E-state index in [1.807, 2.05) is 37.4 Å². The molecule has 0 aliphatic heterocycles. The van der Waals surface area contributed by atoms with Crippen LogP contribution in [0.25, 0.3) is 0 Å². The molecular weight excluding hydrogens is 503 g/mol. The number of halogens is 2. The molecule has 0 radical (unpaired) electrons. The Morgan fingerprint density at radius 2 is 1.83 bits per heavy atom. The lowest BCUT2D eigenvalue weighted by atomic mass is 9.97. The molecule has 3 N–H and O–H groups in total. The molecule has 36 heavy (non-hydrogen) atoms. The van der Waals surface area contributed by atoms with Crippen LogP contribution in [0.3, 0.4) is 0 Å². The van der Waals surface area contributed by atoms with Crippen molar-refractivity contribution in [3.05, 3.63) is 57.6 Å². The zero-order chi connectivity index (χ0) is 25.9. The molecule has 1 unspecified atom stereocenters. The fourth-order valence-electron chi connectivity index (χ4n) is 4.18. The van der Waals surface area contributed by atoms with Crippen LogP contribution in [0.15, 0.2) is 36.4 Å². The van der Waals surface area contributed by atoms with E-state index < -0.39 is 23.7 Å². The van der Waals surface area contributed by atoms with Crippen molar-refractivity contribution in [3.8, 4) is 11.5 Å². The van der Waals surface area contributed by atoms with Gasteiger partial charge in [0, 0.05) is 6.42 Å². The predicted octanol–water partition coefficient (Wildman–Crippen LogP) is 5.29. The molecule has 1 fully saturated rings. The number of carbonyl (C=O) groups is 2. The van der Waals surface area contributed by atoms with Crippen molar-refractivity contribution in [2.24, 2.45) is 0 Å². The molecular formula is C27H34Cl2N2O5. The fraction of sp³-hybridized carbons (Fsp3) is 0.481. The summed E-state index contributed by atoms with van der Waals surface area (Å²) < 4.78 is 11.4. The predicted molar refractivity (Wildman–Crippen MR) is 141 cm³/mol. The molecule has 1 amide bonds. The van der Waals surface area contributed by atoms with Gasteiger partial charge in [-0.15, -0.1) is 0 Å². The van der Waals surface area contributed by atoms with Crippen LogP contribution in [0.4, 0.5) is 0 Å². The van der Waals surface area contributed by atoms with Gasteiger partial charge in [0.25, 0.3) is 5.91 Å². The SMILES string of the molecule is CNCCCCOc1c(Cl)cc(C(=O)NC(Cc2ccccc2)C(=O)OC2CCCCC2)c(O)c1Cl. The van der Waals surface area contributed by atoms with Crippen molar-refractivity contribution in [2.45, 2.75) is 63.5 Å². The van der Waals surface area contributed by atoms with Crippen LogP contribution in [-0.2, 0) is 16.0 Å². The van der Waals surface area contributed by atoms with E-state index >= 15 is 0 Å². The second kappa shape index (κ2) is 14.3. The first kappa shape index (κ1) is 28.1. The lowest BCUT2D eigenvalue weighted by Crippen LogP contribution is -2.44. The molecule has 0 spiro atoms. The Morgan fingerprint density at radius 3 is 2.53 bits per heavy atom. The number of nitrogens with one attached hydrogen (secondary N) is 2. The summed E-state index contributed by atoms with van der Waals surface area (Å²) in [5, 5.41) is 16.4. The van der Waals surface area contributed by atoms with Gasteiger partial charge in [-0.05, 0) is 63.7 Å². The molecule has 2 aromatic carbocycles. The van der Waals surface area contributed by atoms with E-state index in [1.165, 1.54) is 6.07 Å². The molecule has 0 aromatic heterocycles. The lowest BCUT2D eigenvalue weighted by Gasteiger charge is -2.25. The van der Waals surface area contributed by atoms with Gasteiger partial charge in [0.1, 0.15) is 17.2 Å². The second-order valence-corrected chi connectivity index (χ2v) is 9.75. The Balaban J connectivity index is 1.74. The van der Waals surface area contributed by atoms with Gasteiger partial charge in [0.05, 0.1) is 17.2 Å². The first-order chi connectivity index (χ1) is 17.4. The van der Waals surface area contributed by atoms with E-state index in [2.05, 4.69) is 10.6 Å². The second-order valence-electron chi connectivity index (χ2n) is 8.97. The number of esters is 1. The highest BCUT2D eigenvalue weighted by atomic mass is 35.5. The Kier molecular flexibility index (Phi) is 11.2. The van der Waals surface area contributed by atoms with Crippen LogP contribution in [0, 0.1) is 0 Å². The number of unbranched alkanes of at least 4 members (excludes halogenated alkanes) is 1. The number of hydrogen-bond donors (Lipinski definition) is 3. The molecule has 7 nitrogen and oxygen atoms in total. The van der Waals surface area contributed by atoms with Crippen molar-refractivity contribution in [3.63, 3.8) is 0 Å². The average Bonchev–Trinajstić information content (AvgIpc) is 2.88. The van der Waals surface area contributed by atoms with Gasteiger partial charge in [0.2, 0.25) is 0 Å². The number of ether oxygens (including phenoxy) is 2. The van der Waals surface area contributed by atoms with E-state index in [4.69, 9.17) is 32.7 Å². The summed E-state index contributed by atoms with van der Waals surface area (Å²) in [4.78, 5) is 26.2. The van der Waals surface area contributed by atoms with Crippen LogP contribution < -0.4 is 15.4 Å². The maximum absolute atomic E-state index is 13.2. The number of hydrogen-bond acceptors (Lipinski definition) is 6. The van der Waals surface area contributed by atoms with Crippen molar-refractivity contribution >= 4 is 35.1 Å². The summed E-state index contributed by atoms with van der Waals surface area (Å²) in [6.45, 7) is 1.21. The van der Waals surface area contributed by atoms with Crippen LogP contribution >= 0.6 is 23.2 Å². The van der Waals surface area contributed by atoms with Crippen LogP contribution in [0.5, 0.6) is 11.5 Å². The molecule has 0 heterocycles. The quantitative estimate of drug-likeness (QED) is 0.251. The number of amides is 1. The van der Waals surface area contributed by atoms with Crippen LogP contribution in [0.1, 0.15) is 60.9 Å². The van der Waals surface area contributed by atoms with Crippen molar-refractivity contribution in [1.29, 1.82) is 0 Å². The number of rotatable bonds is 12. The number of aromatic hydroxyl groups is 1. The van der Waals surface area contributed by atoms with Crippen molar-refractivity contribution in [1.82, 2.24) is 10.6 Å². The molecule has 1 aliphatic carbocycles. The minimum atomic E-state index is -0.943. The van der Waals surface area contributed by atoms with Gasteiger partial charge in [-0.1, -0.05) is 60.0 Å². The first-order valence-corrected chi connectivity index (χ1v) is 13.2. The van der Waals surface area contributed by atoms with Gasteiger partial charge >= 0.3 is 5.97 Å². The number of phenolic OH excluding ortho intramolecular Hbond substituents is 1. The number of phenols is 1. The lowest BCUT2D eigenvalue weighted by molar-refractivity contribution is -0.152. The van der Waals surface area contributed by atoms with Gasteiger partial charge in [0.15, 0.2) is 11.5 Å². The maximum atomic E-state index is 13.2. The third-order valence-corrected chi connectivity index (χ3v) is 6.80. The van der Waals surface area contributed by atoms with Crippen LogP contribution in [-0.4, -0.2) is 49.3 Å². The summed E-state index contributed by atoms with van der Waals surface area (Å²) in [5.41, 5.74) is 0.724. The third-order valence-electron chi connectivity index (χ3n) is 6.17. The highest BCUT2D eigenvalue weighted by Crippen LogP contribution is 2.42. The summed E-state index contributed by atoms with van der Waals surface area (Å²) in [7, 11) is 1.87. The number of carbonyl (C=O) groups excluding carboxylic acids is 2. The molecule has 3 rings (SSSR count). The smallest absolute Gasteiger partial charge is 0.329 e. The maximum Gasteiger partial charge on any atom is 0.329 e. The van der Waals surface area contributed by atoms with Gasteiger partial charge in [-0.25, -0.2) is 4.79 Å². The monoisotopic (exact) mass is 536 g/mol. The Bertz CT molecular complexity index is 1010. The molecule has 9 heteroatoms. The standard InChI is InChI=1S/C27H34Cl2N2O5/c1-30-14-8-9-15-35-25-21(28)17-20(24(32)23(25)29)26(33)31-22(16-18-10-4-2-5-11-18)27(34)36-19-12-6-3-7-13-19/h2,4-5,10-11,17,19,22,30,32H,3,6-9,12-16H2,1H3,(H,31,33). The van der Waals surface area contributed by atoms with Gasteiger partial charge in [-0.3, -0.25) is 4.79 Å². The average molecular weight is 537 g/mol. The molecule has 1 saturated carbocycles. The molecule has 2 aromatic rings. The van der Waals surface area contributed by atoms with Gasteiger partial charge in [-0.2, -0.15) is 0 Å². The summed E-state index contributed by atoms with van der Waals surface area (Å²) >= 11 is 12.6. The summed E-state index contributed by atoms with van der Waals surface area (Å²) in [6.07, 6.45) is 6.57. The van der Waals surface area contributed by atoms with E-state index in [0.717, 1.165) is 57.1 Å². The summed E-state index contributed by atoms with van der Waals surface area (Å²) in [5.74, 6) is -1.52. The Hall–Kier alpha value is -2.48. The van der Waals surface area contributed by atoms with E-state index in [1.54, 1.807) is 0 Å².